The summed E-state index contributed by atoms with van der Waals surface area (Å²) in [5.41, 5.74) is 0.868. The van der Waals surface area contributed by atoms with Gasteiger partial charge >= 0.3 is 23.9 Å². The van der Waals surface area contributed by atoms with E-state index in [0.717, 1.165) is 27.7 Å². The van der Waals surface area contributed by atoms with Crippen molar-refractivity contribution in [1.29, 1.82) is 0 Å². The van der Waals surface area contributed by atoms with Gasteiger partial charge in [0.1, 0.15) is 12.7 Å². The maximum Gasteiger partial charge on any atom is 0.303 e. The van der Waals surface area contributed by atoms with Crippen LogP contribution in [0.3, 0.4) is 0 Å². The zero-order chi connectivity index (χ0) is 32.9. The molecule has 13 nitrogen and oxygen atoms in total. The molecule has 1 fully saturated rings. The molecule has 15 heteroatoms. The lowest BCUT2D eigenvalue weighted by molar-refractivity contribution is -0.289. The molecule has 1 aromatic heterocycles. The van der Waals surface area contributed by atoms with Crippen molar-refractivity contribution in [3.63, 3.8) is 0 Å². The van der Waals surface area contributed by atoms with Crippen molar-refractivity contribution in [2.45, 2.75) is 91.6 Å². The highest BCUT2D eigenvalue weighted by molar-refractivity contribution is 5.68. The Kier molecular flexibility index (Phi) is 11.3. The molecule has 2 aromatic rings. The minimum absolute atomic E-state index is 0.0268. The van der Waals surface area contributed by atoms with Gasteiger partial charge in [-0.2, -0.15) is 4.39 Å². The largest absolute Gasteiger partial charge is 0.494 e. The number of nitrogens with zero attached hydrogens (tertiary/aromatic N) is 2. The van der Waals surface area contributed by atoms with Crippen molar-refractivity contribution in [3.05, 3.63) is 40.6 Å². The predicted octanol–water partition coefficient (Wildman–Crippen LogP) is 3.11. The summed E-state index contributed by atoms with van der Waals surface area (Å²) in [7, 11) is 1.22. The summed E-state index contributed by atoms with van der Waals surface area (Å²) in [6, 6.07) is 2.45. The summed E-state index contributed by atoms with van der Waals surface area (Å²) in [6.07, 6.45) is -7.36. The van der Waals surface area contributed by atoms with E-state index in [1.54, 1.807) is 11.6 Å². The first-order valence-corrected chi connectivity index (χ1v) is 13.7. The van der Waals surface area contributed by atoms with E-state index in [4.69, 9.17) is 33.2 Å². The fourth-order valence-electron chi connectivity index (χ4n) is 4.78. The Balaban J connectivity index is 2.12. The highest BCUT2D eigenvalue weighted by Crippen LogP contribution is 2.35. The van der Waals surface area contributed by atoms with Crippen LogP contribution in [0, 0.1) is 18.6 Å². The molecule has 0 bridgehead atoms. The summed E-state index contributed by atoms with van der Waals surface area (Å²) in [4.78, 5) is 47.9. The molecule has 1 aliphatic rings. The number of hydrogen-bond acceptors (Lipinski definition) is 12. The third-order valence-electron chi connectivity index (χ3n) is 6.62. The zero-order valence-electron chi connectivity index (χ0n) is 25.7. The zero-order valence-corrected chi connectivity index (χ0v) is 25.7. The van der Waals surface area contributed by atoms with E-state index < -0.39 is 72.8 Å². The van der Waals surface area contributed by atoms with Crippen LogP contribution in [-0.2, 0) is 49.3 Å². The molecule has 5 atom stereocenters. The van der Waals surface area contributed by atoms with Crippen LogP contribution in [0.2, 0.25) is 0 Å². The molecule has 44 heavy (non-hydrogen) atoms. The molecular weight excluding hydrogens is 590 g/mol. The Morgan fingerprint density at radius 1 is 0.909 bits per heavy atom. The molecule has 242 valence electrons. The Bertz CT molecular complexity index is 1390. The molecule has 0 spiro atoms. The summed E-state index contributed by atoms with van der Waals surface area (Å²) in [6.45, 7) is 9.38. The fraction of sp³-hybridized carbons (Fsp3) is 0.552. The number of carbonyl (C=O) groups excluding carboxylic acids is 4. The summed E-state index contributed by atoms with van der Waals surface area (Å²) < 4.78 is 69.6. The number of aromatic nitrogens is 2. The van der Waals surface area contributed by atoms with Gasteiger partial charge in [-0.1, -0.05) is 6.07 Å². The van der Waals surface area contributed by atoms with Crippen LogP contribution in [0.5, 0.6) is 11.6 Å². The monoisotopic (exact) mass is 626 g/mol. The molecular formula is C29H36F2N2O11. The van der Waals surface area contributed by atoms with E-state index >= 15 is 4.39 Å². The topological polar surface area (TPSA) is 151 Å². The molecule has 0 saturated carbocycles. The average molecular weight is 627 g/mol. The minimum atomic E-state index is -1.57. The van der Waals surface area contributed by atoms with E-state index in [0.29, 0.717) is 11.3 Å². The smallest absolute Gasteiger partial charge is 0.303 e. The number of carbonyl (C=O) groups is 4. The summed E-state index contributed by atoms with van der Waals surface area (Å²) in [5, 5.41) is 4.51. The van der Waals surface area contributed by atoms with E-state index in [-0.39, 0.29) is 29.7 Å². The minimum Gasteiger partial charge on any atom is -0.494 e. The highest BCUT2D eigenvalue weighted by atomic mass is 19.2. The third kappa shape index (κ3) is 8.01. The van der Waals surface area contributed by atoms with Gasteiger partial charge in [-0.15, -0.1) is 5.10 Å². The lowest BCUT2D eigenvalue weighted by Gasteiger charge is -2.43. The molecule has 1 saturated heterocycles. The number of hydrogen-bond donors (Lipinski definition) is 0. The summed E-state index contributed by atoms with van der Waals surface area (Å²) in [5.74, 6) is -5.74. The van der Waals surface area contributed by atoms with Crippen molar-refractivity contribution in [1.82, 2.24) is 9.78 Å². The van der Waals surface area contributed by atoms with Gasteiger partial charge < -0.3 is 33.2 Å². The Labute approximate surface area is 252 Å². The molecule has 0 N–H and O–H groups in total. The van der Waals surface area contributed by atoms with Crippen molar-refractivity contribution in [2.24, 2.45) is 0 Å². The molecule has 3 rings (SSSR count). The predicted molar refractivity (Wildman–Crippen MR) is 146 cm³/mol. The van der Waals surface area contributed by atoms with E-state index in [1.807, 2.05) is 13.8 Å². The van der Waals surface area contributed by atoms with Crippen LogP contribution in [0.1, 0.15) is 64.4 Å². The number of benzene rings is 1. The van der Waals surface area contributed by atoms with E-state index in [9.17, 15) is 23.6 Å². The van der Waals surface area contributed by atoms with Crippen LogP contribution < -0.4 is 9.47 Å². The quantitative estimate of drug-likeness (QED) is 0.266. The molecule has 0 unspecified atom stereocenters. The van der Waals surface area contributed by atoms with Crippen molar-refractivity contribution in [3.8, 4) is 11.6 Å². The Hall–Kier alpha value is -4.27. The van der Waals surface area contributed by atoms with Gasteiger partial charge in [0.25, 0.3) is 0 Å². The van der Waals surface area contributed by atoms with Crippen molar-refractivity contribution in [2.75, 3.05) is 13.7 Å². The Morgan fingerprint density at radius 2 is 1.50 bits per heavy atom. The second-order valence-corrected chi connectivity index (χ2v) is 10.3. The highest BCUT2D eigenvalue weighted by Gasteiger charge is 2.53. The lowest BCUT2D eigenvalue weighted by Crippen LogP contribution is -2.63. The van der Waals surface area contributed by atoms with Gasteiger partial charge in [0.05, 0.1) is 7.11 Å². The first-order chi connectivity index (χ1) is 20.6. The number of rotatable bonds is 11. The van der Waals surface area contributed by atoms with Gasteiger partial charge in [-0.25, -0.2) is 4.39 Å². The number of esters is 4. The van der Waals surface area contributed by atoms with Crippen LogP contribution in [0.4, 0.5) is 8.78 Å². The number of ether oxygens (including phenoxy) is 7. The molecule has 0 radical (unpaired) electrons. The van der Waals surface area contributed by atoms with Gasteiger partial charge in [0.2, 0.25) is 24.1 Å². The van der Waals surface area contributed by atoms with Crippen LogP contribution in [-0.4, -0.2) is 78.1 Å². The maximum atomic E-state index is 15.0. The van der Waals surface area contributed by atoms with Gasteiger partial charge in [-0.05, 0) is 32.4 Å². The van der Waals surface area contributed by atoms with Crippen LogP contribution >= 0.6 is 0 Å². The normalized spacial score (nSPS) is 21.4. The fourth-order valence-corrected chi connectivity index (χ4v) is 4.78. The molecule has 1 aromatic carbocycles. The first-order valence-electron chi connectivity index (χ1n) is 13.7. The molecule has 2 heterocycles. The van der Waals surface area contributed by atoms with E-state index in [2.05, 4.69) is 5.10 Å². The lowest BCUT2D eigenvalue weighted by atomic mass is 9.98. The van der Waals surface area contributed by atoms with Crippen molar-refractivity contribution < 1.29 is 61.1 Å². The SMILES string of the molecule is COc1ccc(Cc2c(O[C@@H]3O[C@H](COC(C)=O)[C@@H](OC(C)=O)[C@H](OC(C)=O)[C@H]3OC(C)=O)nn(C(C)C)c2C)c(F)c1F. The standard InChI is InChI=1S/C29H36F2N2O11/c1-13(2)33-14(3)20(11-19-9-10-21(38-8)24(31)23(19)30)28(32-33)44-29-27(42-18(7)37)26(41-17(6)36)25(40-16(5)35)22(43-29)12-39-15(4)34/h9-10,13,22,25-27,29H,11-12H2,1-8H3/t22-,25-,26+,27-,29+/m1/s1. The molecule has 0 amide bonds. The Morgan fingerprint density at radius 3 is 2.05 bits per heavy atom. The summed E-state index contributed by atoms with van der Waals surface area (Å²) >= 11 is 0. The first kappa shape index (κ1) is 34.2. The van der Waals surface area contributed by atoms with Crippen LogP contribution in [0.15, 0.2) is 12.1 Å². The van der Waals surface area contributed by atoms with Crippen LogP contribution in [0.25, 0.3) is 0 Å². The maximum absolute atomic E-state index is 15.0. The second kappa shape index (κ2) is 14.5. The van der Waals surface area contributed by atoms with Gasteiger partial charge in [-0.3, -0.25) is 23.9 Å². The van der Waals surface area contributed by atoms with E-state index in [1.165, 1.54) is 19.2 Å². The second-order valence-electron chi connectivity index (χ2n) is 10.3. The number of halogens is 2. The molecule has 0 aliphatic carbocycles. The average Bonchev–Trinajstić information content (AvgIpc) is 3.23. The van der Waals surface area contributed by atoms with Crippen molar-refractivity contribution >= 4 is 23.9 Å². The van der Waals surface area contributed by atoms with Gasteiger partial charge in [0, 0.05) is 51.4 Å². The number of methoxy groups -OCH3 is 1. The van der Waals surface area contributed by atoms with Gasteiger partial charge in [0.15, 0.2) is 23.8 Å². The third-order valence-corrected chi connectivity index (χ3v) is 6.62. The molecule has 1 aliphatic heterocycles.